The number of fused-ring (bicyclic) bond motifs is 2. The minimum absolute atomic E-state index is 0.0253. The highest BCUT2D eigenvalue weighted by Crippen LogP contribution is 2.73. The third-order valence-electron chi connectivity index (χ3n) is 8.70. The van der Waals surface area contributed by atoms with Gasteiger partial charge in [0.1, 0.15) is 17.3 Å². The molecule has 4 aromatic rings. The van der Waals surface area contributed by atoms with E-state index in [-0.39, 0.29) is 36.9 Å². The molecule has 3 aliphatic carbocycles. The van der Waals surface area contributed by atoms with Crippen molar-refractivity contribution in [1.82, 2.24) is 19.3 Å². The Bertz CT molecular complexity index is 1660. The van der Waals surface area contributed by atoms with Crippen LogP contribution in [0, 0.1) is 5.41 Å². The molecule has 7 rings (SSSR count). The van der Waals surface area contributed by atoms with Gasteiger partial charge in [-0.2, -0.15) is 5.10 Å². The summed E-state index contributed by atoms with van der Waals surface area (Å²) in [5, 5.41) is 16.9. The molecular formula is C27H27F2N5O3. The van der Waals surface area contributed by atoms with E-state index in [1.165, 1.54) is 7.11 Å². The molecule has 192 valence electrons. The van der Waals surface area contributed by atoms with Crippen LogP contribution in [0.15, 0.2) is 41.5 Å². The zero-order valence-electron chi connectivity index (χ0n) is 20.5. The van der Waals surface area contributed by atoms with Crippen LogP contribution in [0.1, 0.15) is 51.1 Å². The summed E-state index contributed by atoms with van der Waals surface area (Å²) in [5.74, 6) is -1.78. The maximum absolute atomic E-state index is 13.8. The second-order valence-corrected chi connectivity index (χ2v) is 11.3. The summed E-state index contributed by atoms with van der Waals surface area (Å²) in [5.41, 5.74) is 6.49. The average Bonchev–Trinajstić information content (AvgIpc) is 3.20. The van der Waals surface area contributed by atoms with E-state index >= 15 is 0 Å². The number of nitrogen functional groups attached to an aromatic ring is 1. The molecule has 0 bridgehead atoms. The summed E-state index contributed by atoms with van der Waals surface area (Å²) < 4.78 is 36.6. The molecular weight excluding hydrogens is 480 g/mol. The highest BCUT2D eigenvalue weighted by Gasteiger charge is 2.75. The van der Waals surface area contributed by atoms with Crippen LogP contribution >= 0.6 is 0 Å². The van der Waals surface area contributed by atoms with Gasteiger partial charge in [-0.05, 0) is 50.8 Å². The Morgan fingerprint density at radius 1 is 1.14 bits per heavy atom. The Balaban J connectivity index is 1.35. The number of halogens is 2. The fraction of sp³-hybridized carbons (Fsp3) is 0.444. The van der Waals surface area contributed by atoms with E-state index in [0.717, 1.165) is 5.52 Å². The Kier molecular flexibility index (Phi) is 4.32. The maximum Gasteiger partial charge on any atom is 0.258 e. The molecule has 0 amide bonds. The van der Waals surface area contributed by atoms with Gasteiger partial charge in [0.15, 0.2) is 0 Å². The van der Waals surface area contributed by atoms with Crippen LogP contribution in [-0.4, -0.2) is 43.1 Å². The molecule has 3 fully saturated rings. The van der Waals surface area contributed by atoms with Gasteiger partial charge in [0.05, 0.1) is 41.2 Å². The SMILES string of the molecule is COc1cn(C2CC3(C2)CC3(F)F)c(=O)c2cc(-c3nn(C4CC(C)(O)C4)c4ccnc(N)c34)ccc12. The second kappa shape index (κ2) is 7.06. The van der Waals surface area contributed by atoms with Gasteiger partial charge < -0.3 is 20.1 Å². The number of rotatable bonds is 4. The van der Waals surface area contributed by atoms with Gasteiger partial charge in [-0.1, -0.05) is 6.07 Å². The first-order valence-electron chi connectivity index (χ1n) is 12.5. The highest BCUT2D eigenvalue weighted by molar-refractivity contribution is 6.02. The lowest BCUT2D eigenvalue weighted by atomic mass is 9.76. The molecule has 3 N–H and O–H groups in total. The zero-order chi connectivity index (χ0) is 25.9. The quantitative estimate of drug-likeness (QED) is 0.423. The Morgan fingerprint density at radius 2 is 1.86 bits per heavy atom. The minimum atomic E-state index is -2.62. The summed E-state index contributed by atoms with van der Waals surface area (Å²) in [4.78, 5) is 17.9. The number of ether oxygens (including phenoxy) is 1. The lowest BCUT2D eigenvalue weighted by molar-refractivity contribution is -0.0529. The van der Waals surface area contributed by atoms with E-state index in [4.69, 9.17) is 15.6 Å². The lowest BCUT2D eigenvalue weighted by Gasteiger charge is -2.41. The smallest absolute Gasteiger partial charge is 0.258 e. The summed E-state index contributed by atoms with van der Waals surface area (Å²) in [7, 11) is 1.53. The minimum Gasteiger partial charge on any atom is -0.495 e. The number of alkyl halides is 2. The van der Waals surface area contributed by atoms with Crippen molar-refractivity contribution >= 4 is 27.5 Å². The summed E-state index contributed by atoms with van der Waals surface area (Å²) in [6.45, 7) is 1.81. The van der Waals surface area contributed by atoms with Crippen LogP contribution in [0.3, 0.4) is 0 Å². The fourth-order valence-corrected chi connectivity index (χ4v) is 6.49. The molecule has 1 aromatic carbocycles. The highest BCUT2D eigenvalue weighted by atomic mass is 19.3. The molecule has 3 aliphatic rings. The first-order valence-corrected chi connectivity index (χ1v) is 12.5. The summed E-state index contributed by atoms with van der Waals surface area (Å²) in [6.07, 6.45) is 4.90. The zero-order valence-corrected chi connectivity index (χ0v) is 20.5. The molecule has 0 saturated heterocycles. The number of benzene rings is 1. The van der Waals surface area contributed by atoms with Crippen molar-refractivity contribution in [2.45, 2.75) is 62.6 Å². The van der Waals surface area contributed by atoms with E-state index in [1.54, 1.807) is 23.0 Å². The van der Waals surface area contributed by atoms with Gasteiger partial charge in [-0.25, -0.2) is 13.8 Å². The first kappa shape index (κ1) is 22.7. The molecule has 8 nitrogen and oxygen atoms in total. The maximum atomic E-state index is 13.8. The summed E-state index contributed by atoms with van der Waals surface area (Å²) in [6, 6.07) is 7.05. The second-order valence-electron chi connectivity index (χ2n) is 11.3. The molecule has 0 radical (unpaired) electrons. The van der Waals surface area contributed by atoms with E-state index < -0.39 is 16.9 Å². The molecule has 3 aromatic heterocycles. The number of nitrogens with two attached hydrogens (primary N) is 1. The molecule has 0 atom stereocenters. The van der Waals surface area contributed by atoms with Gasteiger partial charge in [0.2, 0.25) is 0 Å². The van der Waals surface area contributed by atoms with Gasteiger partial charge in [0.25, 0.3) is 11.5 Å². The topological polar surface area (TPSA) is 108 Å². The van der Waals surface area contributed by atoms with Crippen LogP contribution in [0.2, 0.25) is 0 Å². The fourth-order valence-electron chi connectivity index (χ4n) is 6.49. The third-order valence-corrected chi connectivity index (χ3v) is 8.70. The summed E-state index contributed by atoms with van der Waals surface area (Å²) >= 11 is 0. The van der Waals surface area contributed by atoms with Crippen LogP contribution in [-0.2, 0) is 0 Å². The largest absolute Gasteiger partial charge is 0.495 e. The predicted octanol–water partition coefficient (Wildman–Crippen LogP) is 4.45. The Morgan fingerprint density at radius 3 is 2.51 bits per heavy atom. The van der Waals surface area contributed by atoms with Gasteiger partial charge in [-0.3, -0.25) is 9.48 Å². The van der Waals surface area contributed by atoms with Crippen molar-refractivity contribution < 1.29 is 18.6 Å². The van der Waals surface area contributed by atoms with E-state index in [2.05, 4.69) is 4.98 Å². The monoisotopic (exact) mass is 507 g/mol. The molecule has 1 spiro atoms. The van der Waals surface area contributed by atoms with Crippen LogP contribution in [0.4, 0.5) is 14.6 Å². The number of hydrogen-bond donors (Lipinski definition) is 2. The number of methoxy groups -OCH3 is 1. The Hall–Kier alpha value is -3.53. The number of nitrogens with zero attached hydrogens (tertiary/aromatic N) is 4. The van der Waals surface area contributed by atoms with Crippen LogP contribution in [0.25, 0.3) is 32.9 Å². The molecule has 10 heteroatoms. The van der Waals surface area contributed by atoms with E-state index in [0.29, 0.717) is 51.8 Å². The predicted molar refractivity (Wildman–Crippen MR) is 135 cm³/mol. The van der Waals surface area contributed by atoms with Crippen molar-refractivity contribution in [2.75, 3.05) is 12.8 Å². The first-order chi connectivity index (χ1) is 17.5. The van der Waals surface area contributed by atoms with Crippen molar-refractivity contribution in [3.05, 3.63) is 47.0 Å². The average molecular weight is 508 g/mol. The van der Waals surface area contributed by atoms with Gasteiger partial charge in [-0.15, -0.1) is 0 Å². The molecule has 3 saturated carbocycles. The number of anilines is 1. The molecule has 0 unspecified atom stereocenters. The molecule has 37 heavy (non-hydrogen) atoms. The van der Waals surface area contributed by atoms with Crippen molar-refractivity contribution in [1.29, 1.82) is 0 Å². The van der Waals surface area contributed by atoms with Crippen molar-refractivity contribution in [2.24, 2.45) is 5.41 Å². The van der Waals surface area contributed by atoms with Crippen LogP contribution < -0.4 is 16.0 Å². The number of aliphatic hydroxyl groups is 1. The van der Waals surface area contributed by atoms with Gasteiger partial charge >= 0.3 is 0 Å². The van der Waals surface area contributed by atoms with Crippen molar-refractivity contribution in [3.8, 4) is 17.0 Å². The lowest BCUT2D eigenvalue weighted by Crippen LogP contribution is -2.42. The molecule has 0 aliphatic heterocycles. The Labute approximate surface area is 210 Å². The number of pyridine rings is 2. The van der Waals surface area contributed by atoms with E-state index in [1.807, 2.05) is 29.8 Å². The molecule has 3 heterocycles. The van der Waals surface area contributed by atoms with Crippen molar-refractivity contribution in [3.63, 3.8) is 0 Å². The number of hydrogen-bond acceptors (Lipinski definition) is 6. The normalized spacial score (nSPS) is 29.9. The standard InChI is InChI=1S/C27H27F2N5O3/c1-25(36)8-16(9-25)34-19-5-6-31-23(30)21(19)22(32-34)14-3-4-17-18(7-14)24(35)33(12-20(17)37-2)15-10-26(11-15)13-27(26,28)29/h3-7,12,15-16,36H,8-11,13H2,1-2H3,(H2,30,31). The third kappa shape index (κ3) is 3.11. The number of aromatic nitrogens is 4. The van der Waals surface area contributed by atoms with Gasteiger partial charge in [0, 0.05) is 35.0 Å². The van der Waals surface area contributed by atoms with Crippen LogP contribution in [0.5, 0.6) is 5.75 Å². The van der Waals surface area contributed by atoms with E-state index in [9.17, 15) is 18.7 Å².